The van der Waals surface area contributed by atoms with E-state index in [1.165, 1.54) is 0 Å². The SMILES string of the molecule is Cc1ccc(C)c(C(=O)CCC(=O)NC2CCCNC2)c1. The van der Waals surface area contributed by atoms with Gasteiger partial charge in [0.15, 0.2) is 5.78 Å². The number of amides is 1. The molecule has 4 heteroatoms. The van der Waals surface area contributed by atoms with E-state index in [2.05, 4.69) is 10.6 Å². The largest absolute Gasteiger partial charge is 0.352 e. The van der Waals surface area contributed by atoms with Crippen molar-refractivity contribution in [3.63, 3.8) is 0 Å². The lowest BCUT2D eigenvalue weighted by molar-refractivity contribution is -0.121. The predicted octanol–water partition coefficient (Wildman–Crippen LogP) is 2.13. The number of hydrogen-bond acceptors (Lipinski definition) is 3. The predicted molar refractivity (Wildman–Crippen MR) is 83.5 cm³/mol. The molecule has 1 unspecified atom stereocenters. The normalized spacial score (nSPS) is 18.3. The molecule has 21 heavy (non-hydrogen) atoms. The molecule has 1 saturated heterocycles. The number of carbonyl (C=O) groups excluding carboxylic acids is 2. The Balaban J connectivity index is 1.82. The number of carbonyl (C=O) groups is 2. The number of benzene rings is 1. The van der Waals surface area contributed by atoms with Crippen LogP contribution in [0, 0.1) is 13.8 Å². The molecule has 0 spiro atoms. The Bertz CT molecular complexity index is 520. The summed E-state index contributed by atoms with van der Waals surface area (Å²) in [6.07, 6.45) is 2.65. The van der Waals surface area contributed by atoms with Gasteiger partial charge in [-0.1, -0.05) is 17.7 Å². The molecular weight excluding hydrogens is 264 g/mol. The summed E-state index contributed by atoms with van der Waals surface area (Å²) in [4.78, 5) is 24.1. The van der Waals surface area contributed by atoms with Crippen molar-refractivity contribution in [3.05, 3.63) is 34.9 Å². The Morgan fingerprint density at radius 1 is 1.29 bits per heavy atom. The minimum atomic E-state index is -0.0256. The van der Waals surface area contributed by atoms with Crippen LogP contribution in [0.2, 0.25) is 0 Å². The maximum absolute atomic E-state index is 12.2. The van der Waals surface area contributed by atoms with E-state index < -0.39 is 0 Å². The Labute approximate surface area is 126 Å². The van der Waals surface area contributed by atoms with E-state index in [-0.39, 0.29) is 30.6 Å². The van der Waals surface area contributed by atoms with E-state index in [4.69, 9.17) is 0 Å². The van der Waals surface area contributed by atoms with E-state index in [1.807, 2.05) is 32.0 Å². The molecule has 0 radical (unpaired) electrons. The quantitative estimate of drug-likeness (QED) is 0.816. The highest BCUT2D eigenvalue weighted by Crippen LogP contribution is 2.14. The van der Waals surface area contributed by atoms with Crippen LogP contribution >= 0.6 is 0 Å². The lowest BCUT2D eigenvalue weighted by atomic mass is 9.99. The van der Waals surface area contributed by atoms with Crippen molar-refractivity contribution in [2.24, 2.45) is 0 Å². The summed E-state index contributed by atoms with van der Waals surface area (Å²) in [7, 11) is 0. The van der Waals surface area contributed by atoms with Gasteiger partial charge >= 0.3 is 0 Å². The fourth-order valence-corrected chi connectivity index (χ4v) is 2.67. The number of hydrogen-bond donors (Lipinski definition) is 2. The Morgan fingerprint density at radius 3 is 2.81 bits per heavy atom. The fourth-order valence-electron chi connectivity index (χ4n) is 2.67. The molecule has 4 nitrogen and oxygen atoms in total. The number of piperidine rings is 1. The summed E-state index contributed by atoms with van der Waals surface area (Å²) in [5.41, 5.74) is 2.78. The van der Waals surface area contributed by atoms with Crippen LogP contribution < -0.4 is 10.6 Å². The van der Waals surface area contributed by atoms with Crippen molar-refractivity contribution in [2.45, 2.75) is 45.6 Å². The van der Waals surface area contributed by atoms with Crippen molar-refractivity contribution in [2.75, 3.05) is 13.1 Å². The van der Waals surface area contributed by atoms with E-state index in [0.717, 1.165) is 42.6 Å². The zero-order chi connectivity index (χ0) is 15.2. The van der Waals surface area contributed by atoms with Gasteiger partial charge in [0.05, 0.1) is 0 Å². The molecule has 0 saturated carbocycles. The Hall–Kier alpha value is -1.68. The van der Waals surface area contributed by atoms with Crippen molar-refractivity contribution < 1.29 is 9.59 Å². The third-order valence-corrected chi connectivity index (χ3v) is 3.93. The zero-order valence-corrected chi connectivity index (χ0v) is 12.9. The van der Waals surface area contributed by atoms with Gasteiger partial charge in [0.25, 0.3) is 0 Å². The topological polar surface area (TPSA) is 58.2 Å². The molecule has 1 aromatic carbocycles. The standard InChI is InChI=1S/C17H24N2O2/c1-12-5-6-13(2)15(10-12)16(20)7-8-17(21)19-14-4-3-9-18-11-14/h5-6,10,14,18H,3-4,7-9,11H2,1-2H3,(H,19,21). The summed E-state index contributed by atoms with van der Waals surface area (Å²) in [6.45, 7) is 5.76. The van der Waals surface area contributed by atoms with Crippen LogP contribution in [0.25, 0.3) is 0 Å². The minimum Gasteiger partial charge on any atom is -0.352 e. The smallest absolute Gasteiger partial charge is 0.220 e. The molecule has 1 aromatic rings. The highest BCUT2D eigenvalue weighted by Gasteiger charge is 2.16. The molecule has 0 bridgehead atoms. The first-order valence-electron chi connectivity index (χ1n) is 7.67. The molecule has 114 valence electrons. The third kappa shape index (κ3) is 4.67. The molecule has 0 aromatic heterocycles. The van der Waals surface area contributed by atoms with Crippen LogP contribution in [0.15, 0.2) is 18.2 Å². The van der Waals surface area contributed by atoms with Gasteiger partial charge < -0.3 is 10.6 Å². The number of rotatable bonds is 5. The summed E-state index contributed by atoms with van der Waals surface area (Å²) in [5.74, 6) is 0.0236. The summed E-state index contributed by atoms with van der Waals surface area (Å²) in [6, 6.07) is 6.06. The first-order chi connectivity index (χ1) is 10.1. The van der Waals surface area contributed by atoms with E-state index in [9.17, 15) is 9.59 Å². The second-order valence-corrected chi connectivity index (χ2v) is 5.85. The monoisotopic (exact) mass is 288 g/mol. The average molecular weight is 288 g/mol. The minimum absolute atomic E-state index is 0.0256. The maximum Gasteiger partial charge on any atom is 0.220 e. The molecule has 0 aliphatic carbocycles. The molecular formula is C17H24N2O2. The van der Waals surface area contributed by atoms with Gasteiger partial charge in [-0.3, -0.25) is 9.59 Å². The van der Waals surface area contributed by atoms with Gasteiger partial charge in [-0.2, -0.15) is 0 Å². The number of aryl methyl sites for hydroxylation is 2. The van der Waals surface area contributed by atoms with Gasteiger partial charge in [-0.15, -0.1) is 0 Å². The maximum atomic E-state index is 12.2. The third-order valence-electron chi connectivity index (χ3n) is 3.93. The van der Waals surface area contributed by atoms with E-state index >= 15 is 0 Å². The fraction of sp³-hybridized carbons (Fsp3) is 0.529. The molecule has 1 atom stereocenters. The molecule has 1 heterocycles. The van der Waals surface area contributed by atoms with Gasteiger partial charge in [-0.25, -0.2) is 0 Å². The number of ketones is 1. The first-order valence-corrected chi connectivity index (χ1v) is 7.67. The van der Waals surface area contributed by atoms with E-state index in [1.54, 1.807) is 0 Å². The molecule has 1 fully saturated rings. The van der Waals surface area contributed by atoms with Crippen molar-refractivity contribution >= 4 is 11.7 Å². The molecule has 1 aliphatic rings. The van der Waals surface area contributed by atoms with Crippen molar-refractivity contribution in [3.8, 4) is 0 Å². The van der Waals surface area contributed by atoms with Crippen LogP contribution in [0.4, 0.5) is 0 Å². The second-order valence-electron chi connectivity index (χ2n) is 5.85. The Kier molecular flexibility index (Phi) is 5.51. The summed E-state index contributed by atoms with van der Waals surface area (Å²) in [5, 5.41) is 6.26. The zero-order valence-electron chi connectivity index (χ0n) is 12.9. The van der Waals surface area contributed by atoms with Gasteiger partial charge in [0, 0.05) is 31.0 Å². The van der Waals surface area contributed by atoms with Crippen molar-refractivity contribution in [1.82, 2.24) is 10.6 Å². The van der Waals surface area contributed by atoms with Crippen LogP contribution in [-0.4, -0.2) is 30.8 Å². The highest BCUT2D eigenvalue weighted by molar-refractivity contribution is 5.99. The number of Topliss-reactive ketones (excluding diaryl/α,β-unsaturated/α-hetero) is 1. The van der Waals surface area contributed by atoms with Gasteiger partial charge in [-0.05, 0) is 44.9 Å². The molecule has 1 aliphatic heterocycles. The Morgan fingerprint density at radius 2 is 2.10 bits per heavy atom. The molecule has 1 amide bonds. The lowest BCUT2D eigenvalue weighted by Crippen LogP contribution is -2.45. The van der Waals surface area contributed by atoms with E-state index in [0.29, 0.717) is 0 Å². The molecule has 2 N–H and O–H groups in total. The van der Waals surface area contributed by atoms with Gasteiger partial charge in [0.2, 0.25) is 5.91 Å². The van der Waals surface area contributed by atoms with Crippen LogP contribution in [-0.2, 0) is 4.79 Å². The molecule has 2 rings (SSSR count). The van der Waals surface area contributed by atoms with Gasteiger partial charge in [0.1, 0.15) is 0 Å². The highest BCUT2D eigenvalue weighted by atomic mass is 16.2. The summed E-state index contributed by atoms with van der Waals surface area (Å²) >= 11 is 0. The second kappa shape index (κ2) is 7.36. The lowest BCUT2D eigenvalue weighted by Gasteiger charge is -2.23. The van der Waals surface area contributed by atoms with Crippen molar-refractivity contribution in [1.29, 1.82) is 0 Å². The first kappa shape index (κ1) is 15.7. The van der Waals surface area contributed by atoms with Crippen LogP contribution in [0.1, 0.15) is 47.2 Å². The van der Waals surface area contributed by atoms with Crippen LogP contribution in [0.5, 0.6) is 0 Å². The summed E-state index contributed by atoms with van der Waals surface area (Å²) < 4.78 is 0. The number of nitrogens with one attached hydrogen (secondary N) is 2. The average Bonchev–Trinajstić information content (AvgIpc) is 2.48. The van der Waals surface area contributed by atoms with Crippen LogP contribution in [0.3, 0.4) is 0 Å².